The largest absolute Gasteiger partial charge is 0.481 e. The van der Waals surface area contributed by atoms with Crippen LogP contribution in [0.4, 0.5) is 5.95 Å². The molecule has 0 aromatic carbocycles. The van der Waals surface area contributed by atoms with Crippen LogP contribution in [0.25, 0.3) is 0 Å². The summed E-state index contributed by atoms with van der Waals surface area (Å²) in [5, 5.41) is 4.16. The molecule has 96 valence electrons. The first-order valence-corrected chi connectivity index (χ1v) is 5.49. The van der Waals surface area contributed by atoms with Crippen LogP contribution in [0.1, 0.15) is 19.9 Å². The van der Waals surface area contributed by atoms with Crippen molar-refractivity contribution < 1.29 is 9.47 Å². The van der Waals surface area contributed by atoms with E-state index in [4.69, 9.17) is 15.2 Å². The maximum absolute atomic E-state index is 5.54. The van der Waals surface area contributed by atoms with Crippen LogP contribution >= 0.6 is 0 Å². The smallest absolute Gasteiger partial charge is 0.228 e. The van der Waals surface area contributed by atoms with Crippen molar-refractivity contribution in [1.82, 2.24) is 19.7 Å². The molecule has 0 aliphatic rings. The first-order valence-electron chi connectivity index (χ1n) is 5.49. The summed E-state index contributed by atoms with van der Waals surface area (Å²) in [4.78, 5) is 7.83. The van der Waals surface area contributed by atoms with Crippen LogP contribution < -0.4 is 15.2 Å². The van der Waals surface area contributed by atoms with Crippen LogP contribution in [0, 0.1) is 0 Å². The number of methoxy groups -OCH3 is 1. The highest BCUT2D eigenvalue weighted by Gasteiger charge is 2.07. The van der Waals surface area contributed by atoms with E-state index < -0.39 is 0 Å². The van der Waals surface area contributed by atoms with Gasteiger partial charge in [-0.25, -0.2) is 0 Å². The monoisotopic (exact) mass is 249 g/mol. The third-order valence-corrected chi connectivity index (χ3v) is 2.23. The van der Waals surface area contributed by atoms with Crippen molar-refractivity contribution in [2.24, 2.45) is 0 Å². The number of hydrogen-bond acceptors (Lipinski definition) is 6. The summed E-state index contributed by atoms with van der Waals surface area (Å²) >= 11 is 0. The second-order valence-electron chi connectivity index (χ2n) is 3.96. The zero-order valence-electron chi connectivity index (χ0n) is 10.5. The molecule has 7 nitrogen and oxygen atoms in total. The van der Waals surface area contributed by atoms with Gasteiger partial charge in [0.1, 0.15) is 0 Å². The molecule has 0 unspecified atom stereocenters. The summed E-state index contributed by atoms with van der Waals surface area (Å²) < 4.78 is 12.3. The number of nitrogens with zero attached hydrogens (tertiary/aromatic N) is 4. The molecule has 2 aromatic heterocycles. The minimum atomic E-state index is 0.0978. The Morgan fingerprint density at radius 3 is 2.61 bits per heavy atom. The van der Waals surface area contributed by atoms with Gasteiger partial charge in [-0.2, -0.15) is 15.1 Å². The van der Waals surface area contributed by atoms with Crippen molar-refractivity contribution >= 4 is 5.95 Å². The van der Waals surface area contributed by atoms with Gasteiger partial charge in [-0.05, 0) is 13.8 Å². The molecule has 0 atom stereocenters. The lowest BCUT2D eigenvalue weighted by molar-refractivity contribution is 0.389. The molecule has 7 heteroatoms. The molecule has 0 fully saturated rings. The van der Waals surface area contributed by atoms with Crippen molar-refractivity contribution in [2.45, 2.75) is 19.9 Å². The van der Waals surface area contributed by atoms with Gasteiger partial charge in [-0.3, -0.25) is 4.68 Å². The number of nitrogen functional groups attached to an aromatic ring is 1. The van der Waals surface area contributed by atoms with E-state index in [9.17, 15) is 0 Å². The highest BCUT2D eigenvalue weighted by Crippen LogP contribution is 2.23. The average Bonchev–Trinajstić information content (AvgIpc) is 2.76. The summed E-state index contributed by atoms with van der Waals surface area (Å²) in [5.74, 6) is 1.36. The van der Waals surface area contributed by atoms with Crippen LogP contribution in [0.2, 0.25) is 0 Å². The van der Waals surface area contributed by atoms with Gasteiger partial charge in [-0.15, -0.1) is 0 Å². The van der Waals surface area contributed by atoms with E-state index in [0.717, 1.165) is 0 Å². The topological polar surface area (TPSA) is 88.1 Å². The predicted octanol–water partition coefficient (Wildman–Crippen LogP) is 1.64. The number of nitrogens with two attached hydrogens (primary N) is 1. The van der Waals surface area contributed by atoms with Gasteiger partial charge < -0.3 is 15.2 Å². The summed E-state index contributed by atoms with van der Waals surface area (Å²) in [5.41, 5.74) is 5.54. The van der Waals surface area contributed by atoms with E-state index in [-0.39, 0.29) is 12.0 Å². The second-order valence-corrected chi connectivity index (χ2v) is 3.96. The Kier molecular flexibility index (Phi) is 3.31. The SMILES string of the molecule is COc1cc(Oc2cnn(C(C)C)c2)nc(N)n1. The Morgan fingerprint density at radius 1 is 1.28 bits per heavy atom. The van der Waals surface area contributed by atoms with Crippen molar-refractivity contribution in [3.8, 4) is 17.5 Å². The van der Waals surface area contributed by atoms with E-state index in [1.807, 2.05) is 13.8 Å². The van der Waals surface area contributed by atoms with Crippen LogP contribution in [0.3, 0.4) is 0 Å². The standard InChI is InChI=1S/C11H15N5O2/c1-7(2)16-6-8(5-13-16)18-10-4-9(17-3)14-11(12)15-10/h4-7H,1-3H3,(H2,12,14,15). The quantitative estimate of drug-likeness (QED) is 0.886. The zero-order valence-corrected chi connectivity index (χ0v) is 10.5. The van der Waals surface area contributed by atoms with E-state index in [1.54, 1.807) is 23.1 Å². The fourth-order valence-electron chi connectivity index (χ4n) is 1.35. The summed E-state index contributed by atoms with van der Waals surface area (Å²) in [6.45, 7) is 4.06. The highest BCUT2D eigenvalue weighted by molar-refractivity contribution is 5.32. The van der Waals surface area contributed by atoms with Crippen LogP contribution in [0.15, 0.2) is 18.5 Å². The Morgan fingerprint density at radius 2 is 2.00 bits per heavy atom. The van der Waals surface area contributed by atoms with Gasteiger partial charge in [0.05, 0.1) is 25.6 Å². The minimum Gasteiger partial charge on any atom is -0.481 e. The van der Waals surface area contributed by atoms with Gasteiger partial charge >= 0.3 is 0 Å². The Bertz CT molecular complexity index is 538. The van der Waals surface area contributed by atoms with Crippen LogP contribution in [0.5, 0.6) is 17.5 Å². The van der Waals surface area contributed by atoms with E-state index in [2.05, 4.69) is 15.1 Å². The average molecular weight is 249 g/mol. The lowest BCUT2D eigenvalue weighted by atomic mass is 10.4. The fraction of sp³-hybridized carbons (Fsp3) is 0.364. The lowest BCUT2D eigenvalue weighted by Gasteiger charge is -2.05. The van der Waals surface area contributed by atoms with Crippen LogP contribution in [-0.2, 0) is 0 Å². The Balaban J connectivity index is 2.19. The fourth-order valence-corrected chi connectivity index (χ4v) is 1.35. The van der Waals surface area contributed by atoms with Gasteiger partial charge in [-0.1, -0.05) is 0 Å². The van der Waals surface area contributed by atoms with E-state index in [0.29, 0.717) is 17.5 Å². The molecular weight excluding hydrogens is 234 g/mol. The molecule has 0 aliphatic heterocycles. The maximum Gasteiger partial charge on any atom is 0.228 e. The minimum absolute atomic E-state index is 0.0978. The zero-order chi connectivity index (χ0) is 13.1. The Labute approximate surface area is 105 Å². The number of hydrogen-bond donors (Lipinski definition) is 1. The molecule has 0 amide bonds. The molecule has 0 bridgehead atoms. The molecule has 0 aliphatic carbocycles. The van der Waals surface area contributed by atoms with Crippen molar-refractivity contribution in [3.63, 3.8) is 0 Å². The molecule has 0 radical (unpaired) electrons. The summed E-state index contributed by atoms with van der Waals surface area (Å²) in [6.07, 6.45) is 3.40. The van der Waals surface area contributed by atoms with E-state index >= 15 is 0 Å². The molecule has 2 aromatic rings. The molecule has 2 rings (SSSR count). The molecule has 2 heterocycles. The van der Waals surface area contributed by atoms with Gasteiger partial charge in [0, 0.05) is 6.04 Å². The van der Waals surface area contributed by atoms with Crippen molar-refractivity contribution in [1.29, 1.82) is 0 Å². The number of ether oxygens (including phenoxy) is 2. The van der Waals surface area contributed by atoms with Crippen molar-refractivity contribution in [3.05, 3.63) is 18.5 Å². The highest BCUT2D eigenvalue weighted by atomic mass is 16.5. The first-order chi connectivity index (χ1) is 8.58. The molecule has 0 saturated heterocycles. The second kappa shape index (κ2) is 4.91. The van der Waals surface area contributed by atoms with Gasteiger partial charge in [0.15, 0.2) is 5.75 Å². The van der Waals surface area contributed by atoms with E-state index in [1.165, 1.54) is 7.11 Å². The van der Waals surface area contributed by atoms with Gasteiger partial charge in [0.2, 0.25) is 17.7 Å². The van der Waals surface area contributed by atoms with Gasteiger partial charge in [0.25, 0.3) is 0 Å². The summed E-state index contributed by atoms with van der Waals surface area (Å²) in [7, 11) is 1.50. The predicted molar refractivity (Wildman–Crippen MR) is 65.7 cm³/mol. The third kappa shape index (κ3) is 2.68. The summed E-state index contributed by atoms with van der Waals surface area (Å²) in [6, 6.07) is 1.83. The molecule has 0 spiro atoms. The molecule has 2 N–H and O–H groups in total. The molecule has 0 saturated carbocycles. The maximum atomic E-state index is 5.54. The number of anilines is 1. The number of aromatic nitrogens is 4. The normalized spacial score (nSPS) is 10.7. The molecular formula is C11H15N5O2. The van der Waals surface area contributed by atoms with Crippen LogP contribution in [-0.4, -0.2) is 26.9 Å². The van der Waals surface area contributed by atoms with Crippen molar-refractivity contribution in [2.75, 3.05) is 12.8 Å². The third-order valence-electron chi connectivity index (χ3n) is 2.23. The molecule has 18 heavy (non-hydrogen) atoms. The Hall–Kier alpha value is -2.31. The first kappa shape index (κ1) is 12.2. The number of rotatable bonds is 4. The lowest BCUT2D eigenvalue weighted by Crippen LogP contribution is -2.00.